The van der Waals surface area contributed by atoms with Crippen LogP contribution < -0.4 is 0 Å². The van der Waals surface area contributed by atoms with Crippen molar-refractivity contribution in [2.45, 2.75) is 12.8 Å². The first-order valence-electron chi connectivity index (χ1n) is 7.31. The summed E-state index contributed by atoms with van der Waals surface area (Å²) in [4.78, 5) is 12.0. The number of hydrogen-bond acceptors (Lipinski definition) is 3. The molecule has 22 heavy (non-hydrogen) atoms. The van der Waals surface area contributed by atoms with E-state index in [1.54, 1.807) is 12.1 Å². The van der Waals surface area contributed by atoms with Crippen molar-refractivity contribution in [1.29, 1.82) is 0 Å². The van der Waals surface area contributed by atoms with Gasteiger partial charge in [0, 0.05) is 9.49 Å². The third-order valence-electron chi connectivity index (χ3n) is 4.09. The molecule has 2 atom stereocenters. The van der Waals surface area contributed by atoms with Gasteiger partial charge in [0.25, 0.3) is 0 Å². The van der Waals surface area contributed by atoms with Crippen LogP contribution in [0.2, 0.25) is 0 Å². The van der Waals surface area contributed by atoms with Crippen molar-refractivity contribution < 1.29 is 14.6 Å². The number of rotatable bonds is 4. The summed E-state index contributed by atoms with van der Waals surface area (Å²) in [7, 11) is 0. The van der Waals surface area contributed by atoms with E-state index in [1.165, 1.54) is 3.57 Å². The molecular weight excluding hydrogens is 391 g/mol. The lowest BCUT2D eigenvalue weighted by atomic mass is 9.85. The molecule has 4 heteroatoms. The highest BCUT2D eigenvalue weighted by molar-refractivity contribution is 14.1. The summed E-state index contributed by atoms with van der Waals surface area (Å²) < 4.78 is 6.46. The standard InChI is InChI=1S/C18H17IO3/c19-15-6-4-12(5-7-15)10-17-14(11-22-18(17)21)8-13-2-1-3-16(20)9-13/h1-7,9,14,17,20H,8,10-11H2/t14-,17+/m0/s1. The molecule has 0 spiro atoms. The normalized spacial score (nSPS) is 20.9. The molecule has 0 saturated carbocycles. The number of carbonyl (C=O) groups is 1. The van der Waals surface area contributed by atoms with Crippen molar-refractivity contribution in [3.05, 3.63) is 63.2 Å². The quantitative estimate of drug-likeness (QED) is 0.622. The highest BCUT2D eigenvalue weighted by Gasteiger charge is 2.36. The van der Waals surface area contributed by atoms with E-state index in [4.69, 9.17) is 4.74 Å². The molecule has 1 saturated heterocycles. The van der Waals surface area contributed by atoms with Crippen LogP contribution in [-0.4, -0.2) is 17.7 Å². The maximum absolute atomic E-state index is 12.0. The van der Waals surface area contributed by atoms with Crippen LogP contribution in [0.15, 0.2) is 48.5 Å². The van der Waals surface area contributed by atoms with E-state index in [2.05, 4.69) is 46.9 Å². The summed E-state index contributed by atoms with van der Waals surface area (Å²) in [6.07, 6.45) is 1.45. The smallest absolute Gasteiger partial charge is 0.309 e. The second-order valence-corrected chi connectivity index (χ2v) is 6.95. The number of esters is 1. The first-order valence-corrected chi connectivity index (χ1v) is 8.38. The summed E-state index contributed by atoms with van der Waals surface area (Å²) in [6.45, 7) is 0.462. The van der Waals surface area contributed by atoms with E-state index in [9.17, 15) is 9.90 Å². The maximum atomic E-state index is 12.0. The lowest BCUT2D eigenvalue weighted by Gasteiger charge is -2.15. The molecule has 3 nitrogen and oxygen atoms in total. The average Bonchev–Trinajstić information content (AvgIpc) is 2.83. The fraction of sp³-hybridized carbons (Fsp3) is 0.278. The van der Waals surface area contributed by atoms with Gasteiger partial charge in [-0.15, -0.1) is 0 Å². The van der Waals surface area contributed by atoms with E-state index < -0.39 is 0 Å². The number of benzene rings is 2. The third kappa shape index (κ3) is 3.61. The Bertz CT molecular complexity index is 666. The molecule has 1 heterocycles. The van der Waals surface area contributed by atoms with E-state index in [0.717, 1.165) is 17.5 Å². The van der Waals surface area contributed by atoms with Crippen molar-refractivity contribution in [2.24, 2.45) is 11.8 Å². The Morgan fingerprint density at radius 3 is 2.59 bits per heavy atom. The van der Waals surface area contributed by atoms with Crippen LogP contribution in [0.1, 0.15) is 11.1 Å². The molecule has 1 fully saturated rings. The van der Waals surface area contributed by atoms with Crippen LogP contribution in [-0.2, 0) is 22.4 Å². The predicted molar refractivity (Wildman–Crippen MR) is 92.6 cm³/mol. The van der Waals surface area contributed by atoms with Gasteiger partial charge in [0.1, 0.15) is 5.75 Å². The summed E-state index contributed by atoms with van der Waals surface area (Å²) in [5.41, 5.74) is 2.20. The topological polar surface area (TPSA) is 46.5 Å². The van der Waals surface area contributed by atoms with Gasteiger partial charge in [-0.3, -0.25) is 4.79 Å². The van der Waals surface area contributed by atoms with Crippen LogP contribution in [0.4, 0.5) is 0 Å². The van der Waals surface area contributed by atoms with Gasteiger partial charge in [-0.1, -0.05) is 24.3 Å². The van der Waals surface area contributed by atoms with Crippen LogP contribution in [0, 0.1) is 15.4 Å². The summed E-state index contributed by atoms with van der Waals surface area (Å²) in [5.74, 6) is 0.205. The molecule has 1 aliphatic rings. The number of carbonyl (C=O) groups excluding carboxylic acids is 1. The lowest BCUT2D eigenvalue weighted by Crippen LogP contribution is -2.20. The van der Waals surface area contributed by atoms with Gasteiger partial charge >= 0.3 is 5.97 Å². The number of hydrogen-bond donors (Lipinski definition) is 1. The summed E-state index contributed by atoms with van der Waals surface area (Å²) in [5, 5.41) is 9.57. The lowest BCUT2D eigenvalue weighted by molar-refractivity contribution is -0.141. The molecule has 0 bridgehead atoms. The van der Waals surface area contributed by atoms with Gasteiger partial charge in [-0.2, -0.15) is 0 Å². The molecule has 0 unspecified atom stereocenters. The molecular formula is C18H17IO3. The van der Waals surface area contributed by atoms with Crippen LogP contribution in [0.5, 0.6) is 5.75 Å². The number of cyclic esters (lactones) is 1. The Labute approximate surface area is 143 Å². The molecule has 1 aliphatic heterocycles. The minimum absolute atomic E-state index is 0.108. The van der Waals surface area contributed by atoms with Gasteiger partial charge < -0.3 is 9.84 Å². The zero-order valence-electron chi connectivity index (χ0n) is 12.0. The molecule has 3 rings (SSSR count). The van der Waals surface area contributed by atoms with Crippen molar-refractivity contribution in [3.8, 4) is 5.75 Å². The first kappa shape index (κ1) is 15.3. The van der Waals surface area contributed by atoms with Crippen molar-refractivity contribution >= 4 is 28.6 Å². The summed E-state index contributed by atoms with van der Waals surface area (Å²) >= 11 is 2.27. The maximum Gasteiger partial charge on any atom is 0.309 e. The van der Waals surface area contributed by atoms with Gasteiger partial charge in [0.15, 0.2) is 0 Å². The second kappa shape index (κ2) is 6.69. The van der Waals surface area contributed by atoms with Crippen molar-refractivity contribution in [2.75, 3.05) is 6.61 Å². The number of phenols is 1. The number of phenolic OH excluding ortho intramolecular Hbond substituents is 1. The van der Waals surface area contributed by atoms with Crippen LogP contribution >= 0.6 is 22.6 Å². The molecule has 114 valence electrons. The van der Waals surface area contributed by atoms with Crippen LogP contribution in [0.25, 0.3) is 0 Å². The molecule has 2 aromatic carbocycles. The highest BCUT2D eigenvalue weighted by atomic mass is 127. The van der Waals surface area contributed by atoms with E-state index >= 15 is 0 Å². The molecule has 1 N–H and O–H groups in total. The molecule has 0 radical (unpaired) electrons. The fourth-order valence-corrected chi connectivity index (χ4v) is 3.28. The first-order chi connectivity index (χ1) is 10.6. The minimum atomic E-state index is -0.109. The zero-order chi connectivity index (χ0) is 15.5. The van der Waals surface area contributed by atoms with Crippen molar-refractivity contribution in [1.82, 2.24) is 0 Å². The monoisotopic (exact) mass is 408 g/mol. The fourth-order valence-electron chi connectivity index (χ4n) is 2.92. The Morgan fingerprint density at radius 1 is 1.09 bits per heavy atom. The molecule has 0 aliphatic carbocycles. The minimum Gasteiger partial charge on any atom is -0.508 e. The molecule has 0 amide bonds. The Kier molecular flexibility index (Phi) is 4.66. The predicted octanol–water partition coefficient (Wildman–Crippen LogP) is 3.57. The third-order valence-corrected chi connectivity index (χ3v) is 4.81. The van der Waals surface area contributed by atoms with E-state index in [1.807, 2.05) is 12.1 Å². The van der Waals surface area contributed by atoms with Crippen molar-refractivity contribution in [3.63, 3.8) is 0 Å². The van der Waals surface area contributed by atoms with E-state index in [-0.39, 0.29) is 23.6 Å². The average molecular weight is 408 g/mol. The highest BCUT2D eigenvalue weighted by Crippen LogP contribution is 2.30. The van der Waals surface area contributed by atoms with Gasteiger partial charge in [-0.05, 0) is 70.8 Å². The Balaban J connectivity index is 1.73. The largest absolute Gasteiger partial charge is 0.508 e. The summed E-state index contributed by atoms with van der Waals surface area (Å²) in [6, 6.07) is 15.5. The zero-order valence-corrected chi connectivity index (χ0v) is 14.2. The molecule has 0 aromatic heterocycles. The number of ether oxygens (including phenoxy) is 1. The Morgan fingerprint density at radius 2 is 1.86 bits per heavy atom. The molecule has 2 aromatic rings. The van der Waals surface area contributed by atoms with E-state index in [0.29, 0.717) is 13.0 Å². The van der Waals surface area contributed by atoms with Gasteiger partial charge in [0.2, 0.25) is 0 Å². The van der Waals surface area contributed by atoms with Crippen LogP contribution in [0.3, 0.4) is 0 Å². The SMILES string of the molecule is O=C1OC[C@H](Cc2cccc(O)c2)[C@H]1Cc1ccc(I)cc1. The Hall–Kier alpha value is -1.56. The van der Waals surface area contributed by atoms with Gasteiger partial charge in [-0.25, -0.2) is 0 Å². The number of aromatic hydroxyl groups is 1. The second-order valence-electron chi connectivity index (χ2n) is 5.70. The van der Waals surface area contributed by atoms with Gasteiger partial charge in [0.05, 0.1) is 12.5 Å². The number of halogens is 1.